The van der Waals surface area contributed by atoms with Crippen molar-refractivity contribution in [3.63, 3.8) is 0 Å². The van der Waals surface area contributed by atoms with E-state index < -0.39 is 6.04 Å². The van der Waals surface area contributed by atoms with Gasteiger partial charge in [-0.1, -0.05) is 54.6 Å². The van der Waals surface area contributed by atoms with Gasteiger partial charge in [0.25, 0.3) is 5.91 Å². The van der Waals surface area contributed by atoms with Crippen LogP contribution < -0.4 is 15.0 Å². The van der Waals surface area contributed by atoms with Crippen molar-refractivity contribution in [2.45, 2.75) is 99.6 Å². The molecule has 4 fully saturated rings. The van der Waals surface area contributed by atoms with Gasteiger partial charge < -0.3 is 29.3 Å². The molecule has 316 valence electrons. The Morgan fingerprint density at radius 2 is 1.59 bits per heavy atom. The lowest BCUT2D eigenvalue weighted by Gasteiger charge is -2.47. The number of piperidine rings is 3. The average Bonchev–Trinajstić information content (AvgIpc) is 3.82. The van der Waals surface area contributed by atoms with Crippen molar-refractivity contribution in [3.8, 4) is 11.5 Å². The maximum atomic E-state index is 13.4. The van der Waals surface area contributed by atoms with Crippen LogP contribution in [0.1, 0.15) is 113 Å². The number of aromatic hydroxyl groups is 1. The molecule has 7 aliphatic rings. The van der Waals surface area contributed by atoms with E-state index >= 15 is 0 Å². The summed E-state index contributed by atoms with van der Waals surface area (Å²) in [6.07, 6.45) is 9.13. The summed E-state index contributed by atoms with van der Waals surface area (Å²) in [6.45, 7) is 6.91. The summed E-state index contributed by atoms with van der Waals surface area (Å²) < 4.78 is 13.3. The molecule has 6 heterocycles. The lowest BCUT2D eigenvalue weighted by molar-refractivity contribution is -0.136. The number of phenols is 1. The van der Waals surface area contributed by atoms with Crippen molar-refractivity contribution in [2.75, 3.05) is 50.8 Å². The molecule has 1 aliphatic carbocycles. The smallest absolute Gasteiger partial charge is 0.255 e. The number of hydrogen-bond acceptors (Lipinski definition) is 8. The third-order valence-corrected chi connectivity index (χ3v) is 15.8. The Hall–Kier alpha value is -5.19. The number of amides is 3. The molecule has 0 unspecified atom stereocenters. The third-order valence-electron chi connectivity index (χ3n) is 15.8. The molecule has 3 amide bonds. The zero-order valence-corrected chi connectivity index (χ0v) is 35.0. The second-order valence-corrected chi connectivity index (χ2v) is 19.1. The van der Waals surface area contributed by atoms with Gasteiger partial charge in [-0.05, 0) is 135 Å². The number of nitrogens with one attached hydrogen (secondary N) is 1. The number of fused-ring (bicyclic) bond motifs is 5. The average molecular weight is 821 g/mol. The molecular formula is C51H56N4O6. The predicted octanol–water partition coefficient (Wildman–Crippen LogP) is 7.21. The fourth-order valence-electron chi connectivity index (χ4n) is 12.2. The Bertz CT molecular complexity index is 2340. The minimum atomic E-state index is -0.624. The number of likely N-dealkylation sites (tertiary alicyclic amines) is 1. The summed E-state index contributed by atoms with van der Waals surface area (Å²) in [7, 11) is 0. The van der Waals surface area contributed by atoms with Crippen LogP contribution in [-0.4, -0.2) is 90.2 Å². The molecule has 61 heavy (non-hydrogen) atoms. The fraction of sp³-hybridized carbons (Fsp3) is 0.471. The maximum absolute atomic E-state index is 13.4. The molecular weight excluding hydrogens is 765 g/mol. The molecule has 11 rings (SSSR count). The van der Waals surface area contributed by atoms with Crippen LogP contribution in [0.25, 0.3) is 0 Å². The summed E-state index contributed by atoms with van der Waals surface area (Å²) in [6, 6.07) is 29.6. The van der Waals surface area contributed by atoms with Crippen molar-refractivity contribution in [2.24, 2.45) is 5.92 Å². The van der Waals surface area contributed by atoms with E-state index in [1.54, 1.807) is 4.90 Å². The highest BCUT2D eigenvalue weighted by atomic mass is 16.5. The molecule has 4 aromatic rings. The molecule has 2 N–H and O–H groups in total. The van der Waals surface area contributed by atoms with E-state index in [9.17, 15) is 19.5 Å². The van der Waals surface area contributed by atoms with E-state index in [0.717, 1.165) is 95.6 Å². The van der Waals surface area contributed by atoms with E-state index in [4.69, 9.17) is 9.47 Å². The van der Waals surface area contributed by atoms with Crippen LogP contribution in [0.3, 0.4) is 0 Å². The first-order valence-electron chi connectivity index (χ1n) is 22.8. The molecule has 0 aromatic heterocycles. The van der Waals surface area contributed by atoms with Gasteiger partial charge >= 0.3 is 0 Å². The van der Waals surface area contributed by atoms with Crippen LogP contribution in [-0.2, 0) is 32.7 Å². The van der Waals surface area contributed by atoms with Crippen LogP contribution >= 0.6 is 0 Å². The number of imide groups is 1. The maximum Gasteiger partial charge on any atom is 0.255 e. The molecule has 10 nitrogen and oxygen atoms in total. The normalized spacial score (nSPS) is 26.8. The quantitative estimate of drug-likeness (QED) is 0.197. The molecule has 6 aliphatic heterocycles. The van der Waals surface area contributed by atoms with E-state index in [1.807, 2.05) is 18.2 Å². The molecule has 2 spiro atoms. The molecule has 4 atom stereocenters. The lowest BCUT2D eigenvalue weighted by Crippen LogP contribution is -2.52. The number of ether oxygens (including phenoxy) is 2. The number of anilines is 1. The van der Waals surface area contributed by atoms with Crippen molar-refractivity contribution in [3.05, 3.63) is 124 Å². The van der Waals surface area contributed by atoms with Gasteiger partial charge in [-0.3, -0.25) is 19.7 Å². The number of benzene rings is 4. The van der Waals surface area contributed by atoms with Gasteiger partial charge in [-0.15, -0.1) is 0 Å². The van der Waals surface area contributed by atoms with Crippen molar-refractivity contribution in [1.82, 2.24) is 15.1 Å². The van der Waals surface area contributed by atoms with Crippen LogP contribution in [0.4, 0.5) is 5.69 Å². The highest BCUT2D eigenvalue weighted by Gasteiger charge is 2.48. The molecule has 0 bridgehead atoms. The Balaban J connectivity index is 0.678. The first kappa shape index (κ1) is 38.7. The molecule has 4 saturated heterocycles. The van der Waals surface area contributed by atoms with E-state index in [-0.39, 0.29) is 41.1 Å². The summed E-state index contributed by atoms with van der Waals surface area (Å²) in [5, 5.41) is 12.7. The van der Waals surface area contributed by atoms with Crippen LogP contribution in [0.15, 0.2) is 84.9 Å². The van der Waals surface area contributed by atoms with Gasteiger partial charge in [0.1, 0.15) is 17.5 Å². The first-order valence-corrected chi connectivity index (χ1v) is 22.8. The van der Waals surface area contributed by atoms with Crippen LogP contribution in [0.2, 0.25) is 0 Å². The second-order valence-electron chi connectivity index (χ2n) is 19.1. The van der Waals surface area contributed by atoms with Gasteiger partial charge in [0.15, 0.2) is 0 Å². The summed E-state index contributed by atoms with van der Waals surface area (Å²) in [5.74, 6) is 1.57. The third kappa shape index (κ3) is 6.90. The number of phenolic OH excluding ortho intramolecular Hbond substituents is 1. The lowest BCUT2D eigenvalue weighted by atomic mass is 9.69. The zero-order valence-electron chi connectivity index (χ0n) is 35.0. The van der Waals surface area contributed by atoms with Crippen molar-refractivity contribution < 1.29 is 29.0 Å². The fourth-order valence-corrected chi connectivity index (χ4v) is 12.2. The Morgan fingerprint density at radius 3 is 2.34 bits per heavy atom. The SMILES string of the molecule is O=C1CC[C@H](N2Cc3c(ccc4c3OCC43CCN(C[C@@H]4CCC5(CCN(c6ccc([C@@H]7c8ccc(O)cc8CC[C@@H]7c7ccccc7)cc6)CC5)OC4)CC3)C2=O)C(=O)N1. The number of rotatable bonds is 6. The van der Waals surface area contributed by atoms with Gasteiger partial charge in [0.05, 0.1) is 25.4 Å². The van der Waals surface area contributed by atoms with Gasteiger partial charge in [-0.25, -0.2) is 0 Å². The second kappa shape index (κ2) is 15.3. The van der Waals surface area contributed by atoms with Crippen molar-refractivity contribution in [1.29, 1.82) is 0 Å². The van der Waals surface area contributed by atoms with Crippen LogP contribution in [0.5, 0.6) is 11.5 Å². The number of hydrogen-bond donors (Lipinski definition) is 2. The van der Waals surface area contributed by atoms with E-state index in [2.05, 4.69) is 81.8 Å². The monoisotopic (exact) mass is 820 g/mol. The first-order chi connectivity index (χ1) is 29.7. The Labute approximate surface area is 358 Å². The Kier molecular flexibility index (Phi) is 9.72. The summed E-state index contributed by atoms with van der Waals surface area (Å²) in [5.41, 5.74) is 9.27. The molecule has 4 aromatic carbocycles. The summed E-state index contributed by atoms with van der Waals surface area (Å²) in [4.78, 5) is 44.6. The number of carbonyl (C=O) groups is 3. The number of nitrogens with zero attached hydrogens (tertiary/aromatic N) is 3. The van der Waals surface area contributed by atoms with Gasteiger partial charge in [0, 0.05) is 59.8 Å². The molecule has 0 radical (unpaired) electrons. The largest absolute Gasteiger partial charge is 0.508 e. The summed E-state index contributed by atoms with van der Waals surface area (Å²) >= 11 is 0. The van der Waals surface area contributed by atoms with Gasteiger partial charge in [-0.2, -0.15) is 0 Å². The van der Waals surface area contributed by atoms with Gasteiger partial charge in [0.2, 0.25) is 11.8 Å². The van der Waals surface area contributed by atoms with E-state index in [0.29, 0.717) is 42.7 Å². The minimum Gasteiger partial charge on any atom is -0.508 e. The molecule has 10 heteroatoms. The van der Waals surface area contributed by atoms with E-state index in [1.165, 1.54) is 39.9 Å². The highest BCUT2D eigenvalue weighted by molar-refractivity contribution is 6.05. The van der Waals surface area contributed by atoms with Crippen LogP contribution in [0, 0.1) is 5.92 Å². The minimum absolute atomic E-state index is 0.0144. The number of carbonyl (C=O) groups excluding carboxylic acids is 3. The van der Waals surface area contributed by atoms with Crippen molar-refractivity contribution >= 4 is 23.4 Å². The zero-order chi connectivity index (χ0) is 41.3. The predicted molar refractivity (Wildman–Crippen MR) is 232 cm³/mol. The highest BCUT2D eigenvalue weighted by Crippen LogP contribution is 2.51. The molecule has 0 saturated carbocycles. The Morgan fingerprint density at radius 1 is 0.787 bits per heavy atom. The number of aryl methyl sites for hydroxylation is 1. The topological polar surface area (TPSA) is 112 Å². The standard InChI is InChI=1S/C51H56N4O6/c56-38-11-13-40-36(28-38)8-12-39(34-4-2-1-3-5-34)46(40)35-6-9-37(10-7-35)54-26-22-51(23-27-54)19-18-33(31-61-51)29-53-24-20-50(21-25-53)32-60-47-42-30-55(44-16-17-45(57)52-48(44)58)49(59)41(42)14-15-43(47)50/h1-7,9-11,13-15,28,33,39,44,46,56H,8,12,16-27,29-32H2,(H,52,57,58)/t33-,39+,44-,46-/m0/s1.